The van der Waals surface area contributed by atoms with Crippen molar-refractivity contribution in [1.29, 1.82) is 0 Å². The van der Waals surface area contributed by atoms with Crippen LogP contribution < -0.4 is 10.1 Å². The van der Waals surface area contributed by atoms with E-state index in [1.165, 1.54) is 0 Å². The predicted octanol–water partition coefficient (Wildman–Crippen LogP) is 4.69. The minimum absolute atomic E-state index is 0.0924. The number of anilines is 1. The van der Waals surface area contributed by atoms with Gasteiger partial charge in [0.2, 0.25) is 5.91 Å². The molecule has 132 valence electrons. The third kappa shape index (κ3) is 3.76. The summed E-state index contributed by atoms with van der Waals surface area (Å²) in [6.45, 7) is 1.02. The Hall–Kier alpha value is -1.75. The second-order valence-electron chi connectivity index (χ2n) is 6.00. The Labute approximate surface area is 157 Å². The quantitative estimate of drug-likeness (QED) is 0.837. The maximum atomic E-state index is 13.2. The Bertz CT molecular complexity index is 756. The molecule has 1 aliphatic rings. The van der Waals surface area contributed by atoms with E-state index in [2.05, 4.69) is 5.32 Å². The SMILES string of the molecule is COc1ccc(NC(=O)C2(c3ccc(Cl)cc3Cl)CCOCC2)cc1. The fourth-order valence-corrected chi connectivity index (χ4v) is 3.73. The van der Waals surface area contributed by atoms with Crippen LogP contribution in [0, 0.1) is 0 Å². The Balaban J connectivity index is 1.92. The zero-order valence-corrected chi connectivity index (χ0v) is 15.4. The molecule has 2 aromatic rings. The number of nitrogens with one attached hydrogen (secondary N) is 1. The lowest BCUT2D eigenvalue weighted by atomic mass is 9.73. The monoisotopic (exact) mass is 379 g/mol. The summed E-state index contributed by atoms with van der Waals surface area (Å²) in [6.07, 6.45) is 1.13. The molecule has 0 unspecified atom stereocenters. The van der Waals surface area contributed by atoms with Crippen molar-refractivity contribution in [1.82, 2.24) is 0 Å². The molecule has 0 spiro atoms. The second kappa shape index (κ2) is 7.65. The minimum Gasteiger partial charge on any atom is -0.497 e. The van der Waals surface area contributed by atoms with Crippen molar-refractivity contribution in [3.8, 4) is 5.75 Å². The first-order chi connectivity index (χ1) is 12.0. The van der Waals surface area contributed by atoms with Gasteiger partial charge in [0, 0.05) is 28.9 Å². The van der Waals surface area contributed by atoms with Crippen LogP contribution in [-0.2, 0) is 14.9 Å². The summed E-state index contributed by atoms with van der Waals surface area (Å²) in [5.41, 5.74) is 0.759. The van der Waals surface area contributed by atoms with Crippen LogP contribution in [-0.4, -0.2) is 26.2 Å². The Morgan fingerprint density at radius 1 is 1.12 bits per heavy atom. The van der Waals surface area contributed by atoms with Gasteiger partial charge in [-0.25, -0.2) is 0 Å². The van der Waals surface area contributed by atoms with E-state index in [0.29, 0.717) is 41.8 Å². The largest absolute Gasteiger partial charge is 0.497 e. The fraction of sp³-hybridized carbons (Fsp3) is 0.316. The summed E-state index contributed by atoms with van der Waals surface area (Å²) in [6, 6.07) is 12.5. The maximum absolute atomic E-state index is 13.2. The minimum atomic E-state index is -0.736. The van der Waals surface area contributed by atoms with Crippen LogP contribution in [0.15, 0.2) is 42.5 Å². The summed E-state index contributed by atoms with van der Waals surface area (Å²) >= 11 is 12.4. The summed E-state index contributed by atoms with van der Waals surface area (Å²) in [4.78, 5) is 13.2. The first-order valence-corrected chi connectivity index (χ1v) is 8.79. The van der Waals surface area contributed by atoms with Gasteiger partial charge in [-0.05, 0) is 54.8 Å². The van der Waals surface area contributed by atoms with Crippen LogP contribution in [0.2, 0.25) is 10.0 Å². The highest BCUT2D eigenvalue weighted by Crippen LogP contribution is 2.40. The lowest BCUT2D eigenvalue weighted by Gasteiger charge is -2.36. The number of benzene rings is 2. The molecule has 6 heteroatoms. The van der Waals surface area contributed by atoms with Crippen molar-refractivity contribution in [2.24, 2.45) is 0 Å². The number of amides is 1. The molecule has 3 rings (SSSR count). The molecule has 0 radical (unpaired) electrons. The molecule has 1 aliphatic heterocycles. The highest BCUT2D eigenvalue weighted by atomic mass is 35.5. The summed E-state index contributed by atoms with van der Waals surface area (Å²) in [7, 11) is 1.60. The van der Waals surface area contributed by atoms with Crippen LogP contribution in [0.1, 0.15) is 18.4 Å². The number of carbonyl (C=O) groups is 1. The van der Waals surface area contributed by atoms with Crippen molar-refractivity contribution < 1.29 is 14.3 Å². The first-order valence-electron chi connectivity index (χ1n) is 8.04. The van der Waals surface area contributed by atoms with Crippen LogP contribution in [0.5, 0.6) is 5.75 Å². The van der Waals surface area contributed by atoms with Crippen molar-refractivity contribution in [2.45, 2.75) is 18.3 Å². The van der Waals surface area contributed by atoms with E-state index in [1.54, 1.807) is 19.2 Å². The third-order valence-corrected chi connectivity index (χ3v) is 5.12. The van der Waals surface area contributed by atoms with Crippen LogP contribution >= 0.6 is 23.2 Å². The molecule has 0 atom stereocenters. The average molecular weight is 380 g/mol. The van der Waals surface area contributed by atoms with Gasteiger partial charge in [0.1, 0.15) is 5.75 Å². The number of halogens is 2. The molecule has 1 saturated heterocycles. The molecule has 4 nitrogen and oxygen atoms in total. The van der Waals surface area contributed by atoms with E-state index in [0.717, 1.165) is 11.3 Å². The van der Waals surface area contributed by atoms with E-state index in [9.17, 15) is 4.79 Å². The van der Waals surface area contributed by atoms with Gasteiger partial charge in [-0.2, -0.15) is 0 Å². The Morgan fingerprint density at radius 2 is 1.80 bits per heavy atom. The number of hydrogen-bond donors (Lipinski definition) is 1. The Kier molecular flexibility index (Phi) is 5.52. The van der Waals surface area contributed by atoms with Crippen molar-refractivity contribution >= 4 is 34.8 Å². The number of hydrogen-bond acceptors (Lipinski definition) is 3. The van der Waals surface area contributed by atoms with E-state index in [-0.39, 0.29) is 5.91 Å². The molecule has 25 heavy (non-hydrogen) atoms. The highest BCUT2D eigenvalue weighted by Gasteiger charge is 2.43. The number of rotatable bonds is 4. The molecule has 1 heterocycles. The van der Waals surface area contributed by atoms with Gasteiger partial charge in [0.05, 0.1) is 12.5 Å². The van der Waals surface area contributed by atoms with Crippen molar-refractivity contribution in [3.63, 3.8) is 0 Å². The zero-order chi connectivity index (χ0) is 17.9. The fourth-order valence-electron chi connectivity index (χ4n) is 3.14. The smallest absolute Gasteiger partial charge is 0.235 e. The van der Waals surface area contributed by atoms with Gasteiger partial charge in [-0.1, -0.05) is 29.3 Å². The van der Waals surface area contributed by atoms with Crippen molar-refractivity contribution in [2.75, 3.05) is 25.6 Å². The van der Waals surface area contributed by atoms with E-state index in [1.807, 2.05) is 30.3 Å². The van der Waals surface area contributed by atoms with E-state index >= 15 is 0 Å². The summed E-state index contributed by atoms with van der Waals surface area (Å²) in [5.74, 6) is 0.643. The molecule has 1 amide bonds. The molecular formula is C19H19Cl2NO3. The number of carbonyl (C=O) groups excluding carboxylic acids is 1. The van der Waals surface area contributed by atoms with Crippen LogP contribution in [0.3, 0.4) is 0 Å². The predicted molar refractivity (Wildman–Crippen MR) is 99.8 cm³/mol. The molecule has 2 aromatic carbocycles. The zero-order valence-electron chi connectivity index (χ0n) is 13.9. The molecule has 0 saturated carbocycles. The Morgan fingerprint density at radius 3 is 2.40 bits per heavy atom. The molecule has 1 N–H and O–H groups in total. The molecular weight excluding hydrogens is 361 g/mol. The van der Waals surface area contributed by atoms with Gasteiger partial charge < -0.3 is 14.8 Å². The lowest BCUT2D eigenvalue weighted by Crippen LogP contribution is -2.45. The molecule has 0 aromatic heterocycles. The summed E-state index contributed by atoms with van der Waals surface area (Å²) < 4.78 is 10.6. The van der Waals surface area contributed by atoms with Crippen molar-refractivity contribution in [3.05, 3.63) is 58.1 Å². The third-order valence-electron chi connectivity index (χ3n) is 4.58. The highest BCUT2D eigenvalue weighted by molar-refractivity contribution is 6.35. The van der Waals surface area contributed by atoms with Gasteiger partial charge in [-0.3, -0.25) is 4.79 Å². The first kappa shape index (κ1) is 18.1. The molecule has 0 bridgehead atoms. The molecule has 1 fully saturated rings. The maximum Gasteiger partial charge on any atom is 0.235 e. The van der Waals surface area contributed by atoms with Gasteiger partial charge in [0.25, 0.3) is 0 Å². The van der Waals surface area contributed by atoms with Gasteiger partial charge in [0.15, 0.2) is 0 Å². The summed E-state index contributed by atoms with van der Waals surface area (Å²) in [5, 5.41) is 4.05. The van der Waals surface area contributed by atoms with Crippen LogP contribution in [0.4, 0.5) is 5.69 Å². The molecule has 0 aliphatic carbocycles. The standard InChI is InChI=1S/C19H19Cl2NO3/c1-24-15-5-3-14(4-6-15)22-18(23)19(8-10-25-11-9-19)16-7-2-13(20)12-17(16)21/h2-7,12H,8-11H2,1H3,(H,22,23). The van der Waals surface area contributed by atoms with Gasteiger partial charge in [-0.15, -0.1) is 0 Å². The second-order valence-corrected chi connectivity index (χ2v) is 6.84. The van der Waals surface area contributed by atoms with E-state index < -0.39 is 5.41 Å². The average Bonchev–Trinajstić information content (AvgIpc) is 2.63. The van der Waals surface area contributed by atoms with E-state index in [4.69, 9.17) is 32.7 Å². The number of methoxy groups -OCH3 is 1. The topological polar surface area (TPSA) is 47.6 Å². The lowest BCUT2D eigenvalue weighted by molar-refractivity contribution is -0.125. The number of ether oxygens (including phenoxy) is 2. The van der Waals surface area contributed by atoms with Crippen LogP contribution in [0.25, 0.3) is 0 Å². The normalized spacial score (nSPS) is 16.3. The van der Waals surface area contributed by atoms with Gasteiger partial charge >= 0.3 is 0 Å².